The fraction of sp³-hybridized carbons (Fsp3) is 0. The van der Waals surface area contributed by atoms with Crippen LogP contribution < -0.4 is 5.32 Å². The Hall–Kier alpha value is -3.51. The number of benzene rings is 2. The number of aromatic nitrogens is 5. The first kappa shape index (κ1) is 15.7. The van der Waals surface area contributed by atoms with Crippen molar-refractivity contribution in [1.29, 1.82) is 0 Å². The van der Waals surface area contributed by atoms with Crippen LogP contribution in [0.15, 0.2) is 67.3 Å². The molecule has 0 radical (unpaired) electrons. The van der Waals surface area contributed by atoms with Crippen molar-refractivity contribution in [3.63, 3.8) is 0 Å². The fourth-order valence-corrected chi connectivity index (χ4v) is 3.38. The van der Waals surface area contributed by atoms with Gasteiger partial charge in [0.05, 0.1) is 5.52 Å². The molecule has 2 N–H and O–H groups in total. The van der Waals surface area contributed by atoms with Gasteiger partial charge in [-0.05, 0) is 35.7 Å². The van der Waals surface area contributed by atoms with Gasteiger partial charge in [-0.15, -0.1) is 0 Å². The van der Waals surface area contributed by atoms with Gasteiger partial charge in [0.25, 0.3) is 0 Å². The van der Waals surface area contributed by atoms with E-state index in [-0.39, 0.29) is 0 Å². The van der Waals surface area contributed by atoms with Crippen molar-refractivity contribution in [2.24, 2.45) is 0 Å². The molecule has 0 aliphatic heterocycles. The van der Waals surface area contributed by atoms with E-state index in [1.54, 1.807) is 12.5 Å². The van der Waals surface area contributed by atoms with Gasteiger partial charge in [-0.1, -0.05) is 29.8 Å². The molecule has 130 valence electrons. The van der Waals surface area contributed by atoms with E-state index in [2.05, 4.69) is 25.5 Å². The van der Waals surface area contributed by atoms with Crippen LogP contribution in [0.25, 0.3) is 33.1 Å². The van der Waals surface area contributed by atoms with Gasteiger partial charge in [0.2, 0.25) is 0 Å². The van der Waals surface area contributed by atoms with E-state index in [9.17, 15) is 0 Å². The maximum Gasteiger partial charge on any atom is 0.183 e. The van der Waals surface area contributed by atoms with Gasteiger partial charge >= 0.3 is 0 Å². The summed E-state index contributed by atoms with van der Waals surface area (Å²) < 4.78 is 0. The molecular weight excluding hydrogens is 360 g/mol. The summed E-state index contributed by atoms with van der Waals surface area (Å²) in [5.41, 5.74) is 2.54. The molecule has 2 aromatic carbocycles. The average Bonchev–Trinajstić information content (AvgIpc) is 3.22. The lowest BCUT2D eigenvalue weighted by Crippen LogP contribution is -1.98. The smallest absolute Gasteiger partial charge is 0.183 e. The zero-order valence-electron chi connectivity index (χ0n) is 14.0. The Morgan fingerprint density at radius 3 is 2.74 bits per heavy atom. The summed E-state index contributed by atoms with van der Waals surface area (Å²) in [6, 6.07) is 15.5. The van der Waals surface area contributed by atoms with Gasteiger partial charge in [-0.25, -0.2) is 9.97 Å². The number of pyridine rings is 2. The van der Waals surface area contributed by atoms with Gasteiger partial charge < -0.3 is 5.32 Å². The summed E-state index contributed by atoms with van der Waals surface area (Å²) in [6.45, 7) is 0. The fourth-order valence-electron chi connectivity index (χ4n) is 3.19. The number of halogens is 1. The first-order valence-corrected chi connectivity index (χ1v) is 8.72. The van der Waals surface area contributed by atoms with E-state index in [0.29, 0.717) is 16.7 Å². The molecule has 0 atom stereocenters. The summed E-state index contributed by atoms with van der Waals surface area (Å²) in [6.07, 6.45) is 5.16. The van der Waals surface area contributed by atoms with Gasteiger partial charge in [0, 0.05) is 39.4 Å². The molecule has 0 aliphatic carbocycles. The maximum atomic E-state index is 6.12. The largest absolute Gasteiger partial charge is 0.340 e. The van der Waals surface area contributed by atoms with E-state index >= 15 is 0 Å². The van der Waals surface area contributed by atoms with Crippen LogP contribution in [0.5, 0.6) is 0 Å². The number of hydrogen-bond donors (Lipinski definition) is 2. The summed E-state index contributed by atoms with van der Waals surface area (Å²) in [7, 11) is 0. The second kappa shape index (κ2) is 6.34. The average molecular weight is 373 g/mol. The van der Waals surface area contributed by atoms with E-state index in [4.69, 9.17) is 16.6 Å². The van der Waals surface area contributed by atoms with Crippen LogP contribution in [-0.4, -0.2) is 25.1 Å². The molecule has 0 spiro atoms. The third-order valence-corrected chi connectivity index (χ3v) is 4.60. The topological polar surface area (TPSA) is 79.4 Å². The Kier molecular flexibility index (Phi) is 3.69. The second-order valence-electron chi connectivity index (χ2n) is 6.04. The Bertz CT molecular complexity index is 1270. The first-order valence-electron chi connectivity index (χ1n) is 8.35. The summed E-state index contributed by atoms with van der Waals surface area (Å²) in [5.74, 6) is 1.31. The molecule has 27 heavy (non-hydrogen) atoms. The van der Waals surface area contributed by atoms with Crippen molar-refractivity contribution in [1.82, 2.24) is 25.1 Å². The predicted octanol–water partition coefficient (Wildman–Crippen LogP) is 4.97. The zero-order chi connectivity index (χ0) is 18.2. The molecule has 0 saturated carbocycles. The van der Waals surface area contributed by atoms with Crippen LogP contribution in [0.3, 0.4) is 0 Å². The summed E-state index contributed by atoms with van der Waals surface area (Å²) >= 11 is 6.12. The highest BCUT2D eigenvalue weighted by Crippen LogP contribution is 2.34. The maximum absolute atomic E-state index is 6.12. The number of anilines is 2. The third-order valence-electron chi connectivity index (χ3n) is 4.37. The van der Waals surface area contributed by atoms with Crippen molar-refractivity contribution in [2.45, 2.75) is 0 Å². The number of nitrogens with zero attached hydrogens (tertiary/aromatic N) is 4. The molecule has 0 aliphatic rings. The van der Waals surface area contributed by atoms with Crippen LogP contribution in [0, 0.1) is 0 Å². The van der Waals surface area contributed by atoms with Crippen molar-refractivity contribution >= 4 is 44.8 Å². The molecule has 7 heteroatoms. The molecule has 3 aromatic heterocycles. The molecule has 0 bridgehead atoms. The van der Waals surface area contributed by atoms with Crippen LogP contribution >= 0.6 is 11.6 Å². The van der Waals surface area contributed by atoms with E-state index in [1.807, 2.05) is 54.7 Å². The van der Waals surface area contributed by atoms with E-state index in [0.717, 1.165) is 32.9 Å². The van der Waals surface area contributed by atoms with E-state index < -0.39 is 0 Å². The van der Waals surface area contributed by atoms with Crippen molar-refractivity contribution in [2.75, 3.05) is 5.32 Å². The zero-order valence-corrected chi connectivity index (χ0v) is 14.8. The number of para-hydroxylation sites is 1. The minimum atomic E-state index is 0.607. The Balaban J connectivity index is 1.80. The number of H-pyrrole nitrogens is 1. The third kappa shape index (κ3) is 2.76. The van der Waals surface area contributed by atoms with Crippen LogP contribution in [-0.2, 0) is 0 Å². The lowest BCUT2D eigenvalue weighted by Gasteiger charge is -2.13. The molecule has 0 amide bonds. The van der Waals surface area contributed by atoms with Crippen molar-refractivity contribution < 1.29 is 0 Å². The number of fused-ring (bicyclic) bond motifs is 3. The molecule has 3 heterocycles. The Morgan fingerprint density at radius 2 is 1.89 bits per heavy atom. The van der Waals surface area contributed by atoms with Crippen molar-refractivity contribution in [3.8, 4) is 11.4 Å². The normalized spacial score (nSPS) is 11.1. The lowest BCUT2D eigenvalue weighted by atomic mass is 10.0. The summed E-state index contributed by atoms with van der Waals surface area (Å²) in [5, 5.41) is 14.0. The van der Waals surface area contributed by atoms with Crippen LogP contribution in [0.4, 0.5) is 11.5 Å². The number of rotatable bonds is 3. The number of aromatic amines is 1. The van der Waals surface area contributed by atoms with Gasteiger partial charge in [-0.2, -0.15) is 5.10 Å². The highest BCUT2D eigenvalue weighted by atomic mass is 35.5. The number of nitrogens with one attached hydrogen (secondary N) is 2. The second-order valence-corrected chi connectivity index (χ2v) is 6.48. The standard InChI is InChI=1S/C20H13ClN6/c21-12-3-1-4-13(9-12)25-20-17-10-22-8-7-14(17)15-5-2-6-16(18(15)26-20)19-23-11-24-27-19/h1-11H,(H,25,26)(H,23,24,27). The molecule has 0 unspecified atom stereocenters. The minimum absolute atomic E-state index is 0.607. The molecule has 6 nitrogen and oxygen atoms in total. The highest BCUT2D eigenvalue weighted by molar-refractivity contribution is 6.30. The van der Waals surface area contributed by atoms with E-state index in [1.165, 1.54) is 0 Å². The molecule has 5 aromatic rings. The van der Waals surface area contributed by atoms with Crippen LogP contribution in [0.2, 0.25) is 5.02 Å². The molecule has 5 rings (SSSR count). The quantitative estimate of drug-likeness (QED) is 0.437. The van der Waals surface area contributed by atoms with Crippen molar-refractivity contribution in [3.05, 3.63) is 72.3 Å². The highest BCUT2D eigenvalue weighted by Gasteiger charge is 2.14. The van der Waals surface area contributed by atoms with Gasteiger partial charge in [0.15, 0.2) is 5.82 Å². The SMILES string of the molecule is Clc1cccc(Nc2nc3c(-c4nc[nH]n4)cccc3c3ccncc23)c1. The Morgan fingerprint density at radius 1 is 0.963 bits per heavy atom. The lowest BCUT2D eigenvalue weighted by molar-refractivity contribution is 1.10. The van der Waals surface area contributed by atoms with Crippen LogP contribution in [0.1, 0.15) is 0 Å². The van der Waals surface area contributed by atoms with Gasteiger partial charge in [0.1, 0.15) is 12.1 Å². The molecular formula is C20H13ClN6. The predicted molar refractivity (Wildman–Crippen MR) is 107 cm³/mol. The Labute approximate surface area is 159 Å². The first-order chi connectivity index (χ1) is 13.3. The monoisotopic (exact) mass is 372 g/mol. The number of hydrogen-bond acceptors (Lipinski definition) is 5. The molecule has 0 fully saturated rings. The van der Waals surface area contributed by atoms with Gasteiger partial charge in [-0.3, -0.25) is 10.1 Å². The molecule has 0 saturated heterocycles. The minimum Gasteiger partial charge on any atom is -0.340 e. The summed E-state index contributed by atoms with van der Waals surface area (Å²) in [4.78, 5) is 13.5.